The van der Waals surface area contributed by atoms with Crippen LogP contribution in [0.25, 0.3) is 0 Å². The molecule has 2 aromatic carbocycles. The highest BCUT2D eigenvalue weighted by Crippen LogP contribution is 2.20. The molecule has 0 aromatic heterocycles. The Morgan fingerprint density at radius 3 is 2.68 bits per heavy atom. The maximum atomic E-state index is 13.4. The van der Waals surface area contributed by atoms with Crippen molar-refractivity contribution in [1.82, 2.24) is 0 Å². The van der Waals surface area contributed by atoms with E-state index in [9.17, 15) is 9.18 Å². The third-order valence-corrected chi connectivity index (χ3v) is 2.83. The average molecular weight is 280 g/mol. The number of carboxylic acid groups (broad SMARTS) is 1. The zero-order valence-electron chi connectivity index (χ0n) is 9.86. The lowest BCUT2D eigenvalue weighted by molar-refractivity contribution is 0.0693. The number of rotatable bonds is 4. The van der Waals surface area contributed by atoms with Gasteiger partial charge in [-0.3, -0.25) is 0 Å². The molecule has 0 unspecified atom stereocenters. The molecule has 0 bridgehead atoms. The first-order valence-electron chi connectivity index (χ1n) is 5.58. The second kappa shape index (κ2) is 5.71. The molecule has 0 aliphatic heterocycles. The third-order valence-electron chi connectivity index (χ3n) is 2.60. The number of carbonyl (C=O) groups is 1. The topological polar surface area (TPSA) is 49.3 Å². The highest BCUT2D eigenvalue weighted by Gasteiger charge is 2.15. The van der Waals surface area contributed by atoms with Crippen molar-refractivity contribution in [2.45, 2.75) is 6.54 Å². The molecule has 98 valence electrons. The van der Waals surface area contributed by atoms with E-state index in [-0.39, 0.29) is 11.3 Å². The first-order chi connectivity index (χ1) is 9.08. The van der Waals surface area contributed by atoms with Crippen molar-refractivity contribution in [2.75, 3.05) is 5.32 Å². The van der Waals surface area contributed by atoms with Gasteiger partial charge < -0.3 is 10.4 Å². The van der Waals surface area contributed by atoms with E-state index in [4.69, 9.17) is 16.7 Å². The lowest BCUT2D eigenvalue weighted by Crippen LogP contribution is -2.08. The molecule has 19 heavy (non-hydrogen) atoms. The second-order valence-corrected chi connectivity index (χ2v) is 4.39. The van der Waals surface area contributed by atoms with Crippen LogP contribution < -0.4 is 5.32 Å². The molecule has 0 saturated carbocycles. The first kappa shape index (κ1) is 13.4. The van der Waals surface area contributed by atoms with Gasteiger partial charge in [0.1, 0.15) is 11.4 Å². The van der Waals surface area contributed by atoms with Gasteiger partial charge in [-0.2, -0.15) is 0 Å². The minimum absolute atomic E-state index is 0.243. The van der Waals surface area contributed by atoms with Crippen LogP contribution in [0.3, 0.4) is 0 Å². The molecule has 0 radical (unpaired) electrons. The monoisotopic (exact) mass is 279 g/mol. The van der Waals surface area contributed by atoms with E-state index in [0.29, 0.717) is 11.6 Å². The Bertz CT molecular complexity index is 616. The Hall–Kier alpha value is -2.07. The van der Waals surface area contributed by atoms with E-state index in [1.807, 2.05) is 6.07 Å². The van der Waals surface area contributed by atoms with Gasteiger partial charge in [0.2, 0.25) is 0 Å². The molecule has 0 spiro atoms. The molecule has 0 fully saturated rings. The Balaban J connectivity index is 2.20. The van der Waals surface area contributed by atoms with Crippen molar-refractivity contribution >= 4 is 23.3 Å². The lowest BCUT2D eigenvalue weighted by atomic mass is 10.1. The van der Waals surface area contributed by atoms with Crippen LogP contribution in [0, 0.1) is 5.82 Å². The zero-order valence-corrected chi connectivity index (χ0v) is 10.6. The third kappa shape index (κ3) is 3.23. The first-order valence-corrected chi connectivity index (χ1v) is 5.96. The number of nitrogens with one attached hydrogen (secondary N) is 1. The van der Waals surface area contributed by atoms with Crippen LogP contribution >= 0.6 is 11.6 Å². The van der Waals surface area contributed by atoms with Crippen molar-refractivity contribution in [3.8, 4) is 0 Å². The summed E-state index contributed by atoms with van der Waals surface area (Å²) < 4.78 is 13.4. The van der Waals surface area contributed by atoms with Gasteiger partial charge in [-0.1, -0.05) is 29.8 Å². The van der Waals surface area contributed by atoms with Gasteiger partial charge in [0.05, 0.1) is 5.69 Å². The summed E-state index contributed by atoms with van der Waals surface area (Å²) in [5.41, 5.74) is 0.769. The Morgan fingerprint density at radius 2 is 2.00 bits per heavy atom. The van der Waals surface area contributed by atoms with Crippen LogP contribution in [0.4, 0.5) is 10.1 Å². The lowest BCUT2D eigenvalue weighted by Gasteiger charge is -2.10. The van der Waals surface area contributed by atoms with Crippen molar-refractivity contribution in [3.63, 3.8) is 0 Å². The highest BCUT2D eigenvalue weighted by atomic mass is 35.5. The fraction of sp³-hybridized carbons (Fsp3) is 0.0714. The molecule has 0 atom stereocenters. The molecule has 0 amide bonds. The summed E-state index contributed by atoms with van der Waals surface area (Å²) in [5.74, 6) is -2.06. The second-order valence-electron chi connectivity index (χ2n) is 3.95. The van der Waals surface area contributed by atoms with E-state index in [0.717, 1.165) is 11.6 Å². The van der Waals surface area contributed by atoms with Gasteiger partial charge in [-0.15, -0.1) is 0 Å². The minimum Gasteiger partial charge on any atom is -0.478 e. The molecular formula is C14H11ClFNO2. The van der Waals surface area contributed by atoms with E-state index in [2.05, 4.69) is 5.32 Å². The summed E-state index contributed by atoms with van der Waals surface area (Å²) >= 11 is 5.85. The number of anilines is 1. The molecule has 0 aliphatic carbocycles. The Labute approximate surface area is 114 Å². The summed E-state index contributed by atoms with van der Waals surface area (Å²) in [6.45, 7) is 0.365. The molecule has 2 N–H and O–H groups in total. The maximum absolute atomic E-state index is 13.4. The molecule has 3 nitrogen and oxygen atoms in total. The average Bonchev–Trinajstić information content (AvgIpc) is 2.36. The van der Waals surface area contributed by atoms with E-state index < -0.39 is 11.8 Å². The van der Waals surface area contributed by atoms with Crippen molar-refractivity contribution in [3.05, 3.63) is 64.4 Å². The number of carboxylic acids is 1. The quantitative estimate of drug-likeness (QED) is 0.895. The van der Waals surface area contributed by atoms with Crippen molar-refractivity contribution in [1.29, 1.82) is 0 Å². The molecule has 0 saturated heterocycles. The van der Waals surface area contributed by atoms with Crippen LogP contribution in [0.1, 0.15) is 15.9 Å². The summed E-state index contributed by atoms with van der Waals surface area (Å²) in [6, 6.07) is 11.2. The van der Waals surface area contributed by atoms with Gasteiger partial charge in [0.25, 0.3) is 0 Å². The van der Waals surface area contributed by atoms with E-state index >= 15 is 0 Å². The molecule has 0 aliphatic rings. The summed E-state index contributed by atoms with van der Waals surface area (Å²) in [5, 5.41) is 12.5. The van der Waals surface area contributed by atoms with E-state index in [1.165, 1.54) is 12.1 Å². The molecule has 5 heteroatoms. The van der Waals surface area contributed by atoms with Crippen LogP contribution in [-0.4, -0.2) is 11.1 Å². The minimum atomic E-state index is -1.30. The van der Waals surface area contributed by atoms with Crippen LogP contribution in [0.2, 0.25) is 5.02 Å². The number of aromatic carboxylic acids is 1. The molecule has 0 heterocycles. The van der Waals surface area contributed by atoms with Gasteiger partial charge in [0, 0.05) is 11.6 Å². The normalized spacial score (nSPS) is 10.2. The predicted molar refractivity (Wildman–Crippen MR) is 72.1 cm³/mol. The number of benzene rings is 2. The van der Waals surface area contributed by atoms with Crippen LogP contribution in [-0.2, 0) is 6.54 Å². The molecule has 2 rings (SSSR count). The van der Waals surface area contributed by atoms with Crippen molar-refractivity contribution < 1.29 is 14.3 Å². The van der Waals surface area contributed by atoms with Gasteiger partial charge in [0.15, 0.2) is 0 Å². The Morgan fingerprint density at radius 1 is 1.26 bits per heavy atom. The van der Waals surface area contributed by atoms with Gasteiger partial charge in [-0.25, -0.2) is 9.18 Å². The fourth-order valence-corrected chi connectivity index (χ4v) is 1.95. The van der Waals surface area contributed by atoms with Crippen LogP contribution in [0.15, 0.2) is 42.5 Å². The largest absolute Gasteiger partial charge is 0.478 e. The summed E-state index contributed by atoms with van der Waals surface area (Å²) in [6.07, 6.45) is 0. The fourth-order valence-electron chi connectivity index (χ4n) is 1.73. The predicted octanol–water partition coefficient (Wildman–Crippen LogP) is 3.79. The standard InChI is InChI=1S/C14H11ClFNO2/c15-10-4-1-3-9(7-10)8-17-12-6-2-5-11(16)13(12)14(18)19/h1-7,17H,8H2,(H,18,19). The van der Waals surface area contributed by atoms with Crippen LogP contribution in [0.5, 0.6) is 0 Å². The van der Waals surface area contributed by atoms with Gasteiger partial charge in [-0.05, 0) is 29.8 Å². The maximum Gasteiger partial charge on any atom is 0.340 e. The SMILES string of the molecule is O=C(O)c1c(F)cccc1NCc1cccc(Cl)c1. The summed E-state index contributed by atoms with van der Waals surface area (Å²) in [4.78, 5) is 11.0. The smallest absolute Gasteiger partial charge is 0.340 e. The van der Waals surface area contributed by atoms with E-state index in [1.54, 1.807) is 18.2 Å². The zero-order chi connectivity index (χ0) is 13.8. The van der Waals surface area contributed by atoms with Gasteiger partial charge >= 0.3 is 5.97 Å². The number of hydrogen-bond donors (Lipinski definition) is 2. The number of halogens is 2. The Kier molecular flexibility index (Phi) is 4.02. The molecular weight excluding hydrogens is 269 g/mol. The van der Waals surface area contributed by atoms with Crippen molar-refractivity contribution in [2.24, 2.45) is 0 Å². The molecule has 2 aromatic rings. The number of hydrogen-bond acceptors (Lipinski definition) is 2. The highest BCUT2D eigenvalue weighted by molar-refractivity contribution is 6.30. The summed E-state index contributed by atoms with van der Waals surface area (Å²) in [7, 11) is 0.